The monoisotopic (exact) mass is 415 g/mol. The topological polar surface area (TPSA) is 65.1 Å². The molecule has 2 aliphatic rings. The molecule has 1 saturated heterocycles. The smallest absolute Gasteiger partial charge is 0.260 e. The summed E-state index contributed by atoms with van der Waals surface area (Å²) in [5.74, 6) is 1.80. The molecule has 2 aliphatic heterocycles. The summed E-state index contributed by atoms with van der Waals surface area (Å²) in [6.45, 7) is 1.01. The van der Waals surface area contributed by atoms with E-state index in [4.69, 9.17) is 25.8 Å². The molecule has 29 heavy (non-hydrogen) atoms. The highest BCUT2D eigenvalue weighted by Gasteiger charge is 2.43. The molecule has 0 atom stereocenters. The second-order valence-corrected chi connectivity index (χ2v) is 7.81. The van der Waals surface area contributed by atoms with Gasteiger partial charge in [0.1, 0.15) is 22.8 Å². The van der Waals surface area contributed by atoms with Gasteiger partial charge in [-0.25, -0.2) is 0 Å². The van der Waals surface area contributed by atoms with Crippen LogP contribution in [0, 0.1) is 0 Å². The number of hydrogen-bond donors (Lipinski definition) is 0. The van der Waals surface area contributed by atoms with Crippen LogP contribution < -0.4 is 14.2 Å². The molecule has 0 radical (unpaired) electrons. The second kappa shape index (κ2) is 7.95. The van der Waals surface area contributed by atoms with Gasteiger partial charge < -0.3 is 19.1 Å². The molecule has 4 rings (SSSR count). The Morgan fingerprint density at radius 2 is 1.83 bits per heavy atom. The predicted molar refractivity (Wildman–Crippen MR) is 108 cm³/mol. The molecule has 1 spiro atoms. The third-order valence-corrected chi connectivity index (χ3v) is 5.75. The van der Waals surface area contributed by atoms with Crippen molar-refractivity contribution < 1.29 is 23.8 Å². The zero-order valence-corrected chi connectivity index (χ0v) is 16.9. The zero-order chi connectivity index (χ0) is 20.4. The standard InChI is InChI=1S/C22H22ClNO5/c1-27-17-6-7-18-19(25)13-22(29-20(18)12-17)8-10-24(11-9-22)21(26)14-28-16-4-2-15(23)3-5-16/h2-7,12H,8-11,13-14H2,1H3. The summed E-state index contributed by atoms with van der Waals surface area (Å²) in [5, 5.41) is 0.617. The number of carbonyl (C=O) groups is 2. The summed E-state index contributed by atoms with van der Waals surface area (Å²) < 4.78 is 17.1. The van der Waals surface area contributed by atoms with E-state index in [1.165, 1.54) is 0 Å². The lowest BCUT2D eigenvalue weighted by Crippen LogP contribution is -2.53. The van der Waals surface area contributed by atoms with Gasteiger partial charge >= 0.3 is 0 Å². The average Bonchev–Trinajstić information content (AvgIpc) is 2.73. The molecular formula is C22H22ClNO5. The summed E-state index contributed by atoms with van der Waals surface area (Å²) in [5.41, 5.74) is 0.0239. The number of nitrogens with zero attached hydrogens (tertiary/aromatic N) is 1. The van der Waals surface area contributed by atoms with Crippen molar-refractivity contribution >= 4 is 23.3 Å². The first-order chi connectivity index (χ1) is 14.0. The molecule has 6 nitrogen and oxygen atoms in total. The van der Waals surface area contributed by atoms with Gasteiger partial charge in [0.2, 0.25) is 0 Å². The number of hydrogen-bond acceptors (Lipinski definition) is 5. The van der Waals surface area contributed by atoms with Gasteiger partial charge in [0, 0.05) is 37.0 Å². The first-order valence-electron chi connectivity index (χ1n) is 9.54. The lowest BCUT2D eigenvalue weighted by atomic mass is 9.82. The minimum absolute atomic E-state index is 0.0333. The maximum absolute atomic E-state index is 12.6. The first-order valence-corrected chi connectivity index (χ1v) is 9.92. The van der Waals surface area contributed by atoms with Crippen molar-refractivity contribution in [2.24, 2.45) is 0 Å². The largest absolute Gasteiger partial charge is 0.497 e. The van der Waals surface area contributed by atoms with Crippen LogP contribution in [0.1, 0.15) is 29.6 Å². The van der Waals surface area contributed by atoms with Gasteiger partial charge in [0.05, 0.1) is 19.1 Å². The Labute approximate surface area is 174 Å². The highest BCUT2D eigenvalue weighted by atomic mass is 35.5. The fourth-order valence-corrected chi connectivity index (χ4v) is 3.94. The molecule has 1 amide bonds. The third kappa shape index (κ3) is 4.17. The molecule has 1 fully saturated rings. The van der Waals surface area contributed by atoms with Gasteiger partial charge in [-0.3, -0.25) is 9.59 Å². The van der Waals surface area contributed by atoms with E-state index in [0.29, 0.717) is 60.2 Å². The third-order valence-electron chi connectivity index (χ3n) is 5.50. The number of rotatable bonds is 4. The Kier molecular flexibility index (Phi) is 5.37. The van der Waals surface area contributed by atoms with E-state index in [1.54, 1.807) is 54.5 Å². The molecule has 2 aromatic rings. The SMILES string of the molecule is COc1ccc2c(c1)OC1(CCN(C(=O)COc3ccc(Cl)cc3)CC1)CC2=O. The molecule has 0 bridgehead atoms. The lowest BCUT2D eigenvalue weighted by Gasteiger charge is -2.43. The number of ether oxygens (including phenoxy) is 3. The Morgan fingerprint density at radius 1 is 1.14 bits per heavy atom. The molecule has 0 aromatic heterocycles. The number of methoxy groups -OCH3 is 1. The van der Waals surface area contributed by atoms with Gasteiger partial charge in [-0.2, -0.15) is 0 Å². The molecule has 0 aliphatic carbocycles. The van der Waals surface area contributed by atoms with Crippen molar-refractivity contribution in [3.63, 3.8) is 0 Å². The van der Waals surface area contributed by atoms with Gasteiger partial charge in [-0.05, 0) is 36.4 Å². The van der Waals surface area contributed by atoms with E-state index in [-0.39, 0.29) is 18.3 Å². The minimum atomic E-state index is -0.565. The zero-order valence-electron chi connectivity index (χ0n) is 16.2. The lowest BCUT2D eigenvalue weighted by molar-refractivity contribution is -0.136. The number of likely N-dealkylation sites (tertiary alicyclic amines) is 1. The highest BCUT2D eigenvalue weighted by Crippen LogP contribution is 2.40. The van der Waals surface area contributed by atoms with Crippen LogP contribution in [-0.4, -0.2) is 49.0 Å². The molecule has 2 heterocycles. The van der Waals surface area contributed by atoms with E-state index in [2.05, 4.69) is 0 Å². The summed E-state index contributed by atoms with van der Waals surface area (Å²) in [7, 11) is 1.58. The number of halogens is 1. The van der Waals surface area contributed by atoms with Gasteiger partial charge in [0.15, 0.2) is 12.4 Å². The predicted octanol–water partition coefficient (Wildman–Crippen LogP) is 3.75. The molecule has 7 heteroatoms. The maximum Gasteiger partial charge on any atom is 0.260 e. The van der Waals surface area contributed by atoms with Gasteiger partial charge in [-0.1, -0.05) is 11.6 Å². The number of piperidine rings is 1. The van der Waals surface area contributed by atoms with Crippen molar-refractivity contribution in [3.05, 3.63) is 53.1 Å². The van der Waals surface area contributed by atoms with Crippen LogP contribution in [0.5, 0.6) is 17.2 Å². The van der Waals surface area contributed by atoms with E-state index in [1.807, 2.05) is 0 Å². The Balaban J connectivity index is 1.36. The van der Waals surface area contributed by atoms with Crippen LogP contribution in [0.2, 0.25) is 5.02 Å². The number of fused-ring (bicyclic) bond motifs is 1. The van der Waals surface area contributed by atoms with E-state index in [0.717, 1.165) is 0 Å². The summed E-state index contributed by atoms with van der Waals surface area (Å²) >= 11 is 5.85. The van der Waals surface area contributed by atoms with Crippen LogP contribution in [-0.2, 0) is 4.79 Å². The van der Waals surface area contributed by atoms with Crippen LogP contribution in [0.15, 0.2) is 42.5 Å². The fourth-order valence-electron chi connectivity index (χ4n) is 3.81. The highest BCUT2D eigenvalue weighted by molar-refractivity contribution is 6.30. The molecule has 2 aromatic carbocycles. The Morgan fingerprint density at radius 3 is 2.52 bits per heavy atom. The summed E-state index contributed by atoms with van der Waals surface area (Å²) in [6, 6.07) is 12.2. The Hall–Kier alpha value is -2.73. The average molecular weight is 416 g/mol. The molecule has 0 unspecified atom stereocenters. The van der Waals surface area contributed by atoms with Crippen molar-refractivity contribution in [2.75, 3.05) is 26.8 Å². The van der Waals surface area contributed by atoms with Gasteiger partial charge in [-0.15, -0.1) is 0 Å². The van der Waals surface area contributed by atoms with Crippen molar-refractivity contribution in [3.8, 4) is 17.2 Å². The van der Waals surface area contributed by atoms with Crippen molar-refractivity contribution in [2.45, 2.75) is 24.9 Å². The van der Waals surface area contributed by atoms with Crippen molar-refractivity contribution in [1.82, 2.24) is 4.90 Å². The van der Waals surface area contributed by atoms with E-state index in [9.17, 15) is 9.59 Å². The molecule has 152 valence electrons. The van der Waals surface area contributed by atoms with Crippen molar-refractivity contribution in [1.29, 1.82) is 0 Å². The first kappa shape index (κ1) is 19.6. The van der Waals surface area contributed by atoms with E-state index >= 15 is 0 Å². The van der Waals surface area contributed by atoms with E-state index < -0.39 is 5.60 Å². The molecule has 0 N–H and O–H groups in total. The number of ketones is 1. The fraction of sp³-hybridized carbons (Fsp3) is 0.364. The molecule has 0 saturated carbocycles. The normalized spacial score (nSPS) is 17.4. The van der Waals surface area contributed by atoms with Crippen LogP contribution in [0.4, 0.5) is 0 Å². The second-order valence-electron chi connectivity index (χ2n) is 7.37. The summed E-state index contributed by atoms with van der Waals surface area (Å²) in [6.07, 6.45) is 1.53. The number of carbonyl (C=O) groups excluding carboxylic acids is 2. The summed E-state index contributed by atoms with van der Waals surface area (Å²) in [4.78, 5) is 26.9. The van der Waals surface area contributed by atoms with Crippen LogP contribution in [0.25, 0.3) is 0 Å². The number of Topliss-reactive ketones (excluding diaryl/α,β-unsaturated/α-hetero) is 1. The van der Waals surface area contributed by atoms with Gasteiger partial charge in [0.25, 0.3) is 5.91 Å². The minimum Gasteiger partial charge on any atom is -0.497 e. The Bertz CT molecular complexity index is 919. The number of benzene rings is 2. The quantitative estimate of drug-likeness (QED) is 0.760. The van der Waals surface area contributed by atoms with Crippen LogP contribution >= 0.6 is 11.6 Å². The number of amides is 1. The van der Waals surface area contributed by atoms with Crippen LogP contribution in [0.3, 0.4) is 0 Å². The maximum atomic E-state index is 12.6. The molecular weight excluding hydrogens is 394 g/mol.